The molecule has 256 valence electrons. The number of amides is 1. The van der Waals surface area contributed by atoms with Crippen LogP contribution in [0.2, 0.25) is 0 Å². The molecule has 0 bridgehead atoms. The lowest BCUT2D eigenvalue weighted by Crippen LogP contribution is -2.48. The van der Waals surface area contributed by atoms with E-state index < -0.39 is 0 Å². The molecule has 0 aromatic heterocycles. The first-order valence-corrected chi connectivity index (χ1v) is 16.6. The number of rotatable bonds is 11. The Bertz CT molecular complexity index is 1830. The Balaban J connectivity index is 0.00000270. The highest BCUT2D eigenvalue weighted by atomic mass is 35.5. The summed E-state index contributed by atoms with van der Waals surface area (Å²) in [6.45, 7) is 5.37. The summed E-state index contributed by atoms with van der Waals surface area (Å²) in [6, 6.07) is 40.8. The standard InChI is InChI=1S/C41H43N3O3.2ClH/c1-30(34-14-9-15-36(28-34)38-16-7-8-17-39(38)41(46)47-25-22-42)44(37-20-23-43(24-21-37)29-31-10-3-2-4-11-31)40(45)27-32-18-19-33-12-5-6-13-35(33)26-32;;/h2-19,26,28,30,37H,20-25,27,29,42H2,1H3;2*1H. The Morgan fingerprint density at radius 3 is 2.24 bits per heavy atom. The second-order valence-electron chi connectivity index (χ2n) is 12.4. The van der Waals surface area contributed by atoms with Crippen molar-refractivity contribution < 1.29 is 14.3 Å². The van der Waals surface area contributed by atoms with Gasteiger partial charge in [-0.3, -0.25) is 9.69 Å². The van der Waals surface area contributed by atoms with Gasteiger partial charge in [-0.2, -0.15) is 0 Å². The number of hydrogen-bond acceptors (Lipinski definition) is 5. The fourth-order valence-corrected chi connectivity index (χ4v) is 6.82. The van der Waals surface area contributed by atoms with E-state index in [-0.39, 0.29) is 61.9 Å². The summed E-state index contributed by atoms with van der Waals surface area (Å²) in [5, 5.41) is 2.31. The average Bonchev–Trinajstić information content (AvgIpc) is 3.12. The lowest BCUT2D eigenvalue weighted by atomic mass is 9.93. The molecule has 6 rings (SSSR count). The van der Waals surface area contributed by atoms with E-state index in [1.54, 1.807) is 6.07 Å². The van der Waals surface area contributed by atoms with Crippen molar-refractivity contribution in [3.63, 3.8) is 0 Å². The van der Waals surface area contributed by atoms with E-state index in [0.717, 1.165) is 60.1 Å². The summed E-state index contributed by atoms with van der Waals surface area (Å²) in [4.78, 5) is 31.9. The van der Waals surface area contributed by atoms with Gasteiger partial charge in [0.1, 0.15) is 6.61 Å². The molecule has 1 heterocycles. The van der Waals surface area contributed by atoms with Gasteiger partial charge in [0.2, 0.25) is 5.91 Å². The van der Waals surface area contributed by atoms with E-state index in [1.165, 1.54) is 10.9 Å². The first-order valence-electron chi connectivity index (χ1n) is 16.6. The van der Waals surface area contributed by atoms with Crippen LogP contribution in [0.3, 0.4) is 0 Å². The number of benzene rings is 5. The minimum absolute atomic E-state index is 0. The highest BCUT2D eigenvalue weighted by Crippen LogP contribution is 2.33. The van der Waals surface area contributed by atoms with Crippen molar-refractivity contribution in [2.75, 3.05) is 26.2 Å². The summed E-state index contributed by atoms with van der Waals surface area (Å²) in [6.07, 6.45) is 2.17. The van der Waals surface area contributed by atoms with E-state index in [2.05, 4.69) is 89.5 Å². The number of carbonyl (C=O) groups excluding carboxylic acids is 2. The maximum Gasteiger partial charge on any atom is 0.338 e. The van der Waals surface area contributed by atoms with E-state index in [1.807, 2.05) is 42.5 Å². The molecule has 1 aliphatic heterocycles. The Labute approximate surface area is 302 Å². The number of hydrogen-bond donors (Lipinski definition) is 1. The Morgan fingerprint density at radius 2 is 1.49 bits per heavy atom. The summed E-state index contributed by atoms with van der Waals surface area (Å²) in [5.41, 5.74) is 11.2. The molecule has 8 heteroatoms. The number of nitrogens with two attached hydrogens (primary N) is 1. The van der Waals surface area contributed by atoms with Crippen molar-refractivity contribution >= 4 is 47.5 Å². The Hall–Kier alpha value is -4.20. The van der Waals surface area contributed by atoms with Gasteiger partial charge in [0, 0.05) is 32.2 Å². The zero-order valence-electron chi connectivity index (χ0n) is 27.9. The van der Waals surface area contributed by atoms with Crippen molar-refractivity contribution in [3.05, 3.63) is 144 Å². The maximum atomic E-state index is 14.4. The monoisotopic (exact) mass is 697 g/mol. The molecule has 1 aliphatic rings. The van der Waals surface area contributed by atoms with E-state index in [0.29, 0.717) is 12.0 Å². The molecule has 5 aromatic rings. The minimum Gasteiger partial charge on any atom is -0.461 e. The average molecular weight is 699 g/mol. The van der Waals surface area contributed by atoms with Crippen molar-refractivity contribution in [2.45, 2.75) is 44.8 Å². The highest BCUT2D eigenvalue weighted by Gasteiger charge is 2.32. The summed E-state index contributed by atoms with van der Waals surface area (Å²) < 4.78 is 5.37. The number of nitrogens with zero attached hydrogens (tertiary/aromatic N) is 2. The first-order chi connectivity index (χ1) is 23.0. The van der Waals surface area contributed by atoms with Gasteiger partial charge < -0.3 is 15.4 Å². The molecule has 0 saturated carbocycles. The van der Waals surface area contributed by atoms with Crippen LogP contribution in [0.1, 0.15) is 52.9 Å². The fourth-order valence-electron chi connectivity index (χ4n) is 6.82. The first kappa shape index (κ1) is 37.6. The third-order valence-electron chi connectivity index (χ3n) is 9.25. The SMILES string of the molecule is CC(c1cccc(-c2ccccc2C(=O)OCCN)c1)N(C(=O)Cc1ccc2ccccc2c1)C1CCN(Cc2ccccc2)CC1.Cl.Cl. The van der Waals surface area contributed by atoms with E-state index >= 15 is 0 Å². The number of fused-ring (bicyclic) bond motifs is 1. The number of halogens is 2. The lowest BCUT2D eigenvalue weighted by Gasteiger charge is -2.42. The predicted molar refractivity (Wildman–Crippen MR) is 203 cm³/mol. The fraction of sp³-hybridized carbons (Fsp3) is 0.268. The van der Waals surface area contributed by atoms with Gasteiger partial charge in [-0.05, 0) is 70.5 Å². The number of ether oxygens (including phenoxy) is 1. The molecule has 1 amide bonds. The molecule has 1 unspecified atom stereocenters. The molecule has 2 N–H and O–H groups in total. The molecule has 49 heavy (non-hydrogen) atoms. The lowest BCUT2D eigenvalue weighted by molar-refractivity contribution is -0.136. The van der Waals surface area contributed by atoms with Gasteiger partial charge >= 0.3 is 5.97 Å². The molecular formula is C41H45Cl2N3O3. The summed E-state index contributed by atoms with van der Waals surface area (Å²) >= 11 is 0. The third kappa shape index (κ3) is 9.28. The van der Waals surface area contributed by atoms with E-state index in [4.69, 9.17) is 10.5 Å². The van der Waals surface area contributed by atoms with Crippen LogP contribution >= 0.6 is 24.8 Å². The maximum absolute atomic E-state index is 14.4. The van der Waals surface area contributed by atoms with Crippen LogP contribution in [0.15, 0.2) is 121 Å². The van der Waals surface area contributed by atoms with Crippen LogP contribution in [-0.4, -0.2) is 54.0 Å². The number of piperidine rings is 1. The predicted octanol–water partition coefficient (Wildman–Crippen LogP) is 8.26. The quantitative estimate of drug-likeness (QED) is 0.141. The van der Waals surface area contributed by atoms with Gasteiger partial charge in [0.25, 0.3) is 0 Å². The molecule has 1 fully saturated rings. The van der Waals surface area contributed by atoms with Crippen LogP contribution < -0.4 is 5.73 Å². The number of likely N-dealkylation sites (tertiary alicyclic amines) is 1. The van der Waals surface area contributed by atoms with Crippen molar-refractivity contribution in [1.29, 1.82) is 0 Å². The van der Waals surface area contributed by atoms with Crippen LogP contribution in [0, 0.1) is 0 Å². The number of carbonyl (C=O) groups is 2. The van der Waals surface area contributed by atoms with Gasteiger partial charge in [0.05, 0.1) is 18.0 Å². The second kappa shape index (κ2) is 18.0. The molecule has 0 spiro atoms. The summed E-state index contributed by atoms with van der Waals surface area (Å²) in [7, 11) is 0. The molecule has 1 atom stereocenters. The Kier molecular flexibility index (Phi) is 13.8. The smallest absolute Gasteiger partial charge is 0.338 e. The van der Waals surface area contributed by atoms with Gasteiger partial charge in [-0.1, -0.05) is 109 Å². The number of esters is 1. The molecule has 1 saturated heterocycles. The second-order valence-corrected chi connectivity index (χ2v) is 12.4. The zero-order valence-corrected chi connectivity index (χ0v) is 29.5. The van der Waals surface area contributed by atoms with Gasteiger partial charge in [-0.25, -0.2) is 4.79 Å². The van der Waals surface area contributed by atoms with Gasteiger partial charge in [-0.15, -0.1) is 24.8 Å². The van der Waals surface area contributed by atoms with Crippen LogP contribution in [0.4, 0.5) is 0 Å². The Morgan fingerprint density at radius 1 is 0.796 bits per heavy atom. The molecule has 5 aromatic carbocycles. The van der Waals surface area contributed by atoms with Crippen molar-refractivity contribution in [3.8, 4) is 11.1 Å². The van der Waals surface area contributed by atoms with E-state index in [9.17, 15) is 9.59 Å². The van der Waals surface area contributed by atoms with Crippen LogP contribution in [0.25, 0.3) is 21.9 Å². The molecule has 0 aliphatic carbocycles. The van der Waals surface area contributed by atoms with Gasteiger partial charge in [0.15, 0.2) is 0 Å². The largest absolute Gasteiger partial charge is 0.461 e. The highest BCUT2D eigenvalue weighted by molar-refractivity contribution is 5.97. The zero-order chi connectivity index (χ0) is 32.6. The molecule has 0 radical (unpaired) electrons. The molecule has 6 nitrogen and oxygen atoms in total. The van der Waals surface area contributed by atoms with Crippen molar-refractivity contribution in [1.82, 2.24) is 9.80 Å². The van der Waals surface area contributed by atoms with Crippen LogP contribution in [-0.2, 0) is 22.5 Å². The topological polar surface area (TPSA) is 75.9 Å². The normalized spacial score (nSPS) is 13.9. The van der Waals surface area contributed by atoms with Crippen LogP contribution in [0.5, 0.6) is 0 Å². The van der Waals surface area contributed by atoms with Crippen molar-refractivity contribution in [2.24, 2.45) is 5.73 Å². The third-order valence-corrected chi connectivity index (χ3v) is 9.25. The summed E-state index contributed by atoms with van der Waals surface area (Å²) in [5.74, 6) is -0.260. The minimum atomic E-state index is -0.390. The molecular weight excluding hydrogens is 653 g/mol.